The summed E-state index contributed by atoms with van der Waals surface area (Å²) in [6.45, 7) is 7.48. The minimum Gasteiger partial charge on any atom is -0.378 e. The highest BCUT2D eigenvalue weighted by Crippen LogP contribution is 2.26. The average Bonchev–Trinajstić information content (AvgIpc) is 3.18. The third kappa shape index (κ3) is 7.01. The molecule has 1 saturated carbocycles. The molecule has 0 aromatic carbocycles. The number of nitrogens with one attached hydrogen (secondary N) is 1. The average molecular weight is 493 g/mol. The highest BCUT2D eigenvalue weighted by atomic mass is 127. The first-order valence-electron chi connectivity index (χ1n) is 10.6. The molecular formula is C20H40IN5O. The molecule has 1 aliphatic carbocycles. The van der Waals surface area contributed by atoms with Gasteiger partial charge in [0, 0.05) is 59.0 Å². The summed E-state index contributed by atoms with van der Waals surface area (Å²) in [6, 6.07) is 0.554. The molecule has 0 aromatic rings. The molecule has 2 aliphatic heterocycles. The maximum Gasteiger partial charge on any atom is 0.193 e. The minimum atomic E-state index is 0. The van der Waals surface area contributed by atoms with Gasteiger partial charge in [-0.1, -0.05) is 12.8 Å². The van der Waals surface area contributed by atoms with E-state index in [1.54, 1.807) is 0 Å². The summed E-state index contributed by atoms with van der Waals surface area (Å²) in [5, 5.41) is 3.62. The van der Waals surface area contributed by atoms with E-state index < -0.39 is 0 Å². The number of likely N-dealkylation sites (tertiary alicyclic amines) is 1. The highest BCUT2D eigenvalue weighted by Gasteiger charge is 2.26. The first-order valence-corrected chi connectivity index (χ1v) is 10.6. The van der Waals surface area contributed by atoms with E-state index in [-0.39, 0.29) is 24.0 Å². The Labute approximate surface area is 183 Å². The summed E-state index contributed by atoms with van der Waals surface area (Å²) >= 11 is 0. The molecule has 3 fully saturated rings. The zero-order valence-electron chi connectivity index (χ0n) is 17.5. The number of halogens is 1. The summed E-state index contributed by atoms with van der Waals surface area (Å²) in [6.07, 6.45) is 8.25. The fourth-order valence-corrected chi connectivity index (χ4v) is 4.55. The van der Waals surface area contributed by atoms with Gasteiger partial charge in [-0.05, 0) is 45.7 Å². The molecule has 0 amide bonds. The van der Waals surface area contributed by atoms with E-state index in [1.165, 1.54) is 25.7 Å². The van der Waals surface area contributed by atoms with E-state index >= 15 is 0 Å². The van der Waals surface area contributed by atoms with E-state index in [0.29, 0.717) is 12.1 Å². The first-order chi connectivity index (χ1) is 12.7. The Hall–Kier alpha value is -0.120. The molecule has 2 heterocycles. The van der Waals surface area contributed by atoms with E-state index in [2.05, 4.69) is 39.1 Å². The van der Waals surface area contributed by atoms with E-state index in [4.69, 9.17) is 4.74 Å². The van der Waals surface area contributed by atoms with Gasteiger partial charge in [-0.2, -0.15) is 0 Å². The van der Waals surface area contributed by atoms with Gasteiger partial charge in [-0.3, -0.25) is 9.89 Å². The molecule has 3 aliphatic rings. The lowest BCUT2D eigenvalue weighted by atomic mass is 10.1. The van der Waals surface area contributed by atoms with Gasteiger partial charge >= 0.3 is 0 Å². The van der Waals surface area contributed by atoms with Crippen LogP contribution >= 0.6 is 24.0 Å². The lowest BCUT2D eigenvalue weighted by Gasteiger charge is -2.39. The predicted molar refractivity (Wildman–Crippen MR) is 123 cm³/mol. The third-order valence-electron chi connectivity index (χ3n) is 6.47. The van der Waals surface area contributed by atoms with Crippen LogP contribution in [0.4, 0.5) is 0 Å². The van der Waals surface area contributed by atoms with Crippen LogP contribution < -0.4 is 5.32 Å². The van der Waals surface area contributed by atoms with Crippen LogP contribution in [0.5, 0.6) is 0 Å². The predicted octanol–water partition coefficient (Wildman–Crippen LogP) is 2.10. The largest absolute Gasteiger partial charge is 0.378 e. The fraction of sp³-hybridized carbons (Fsp3) is 0.950. The minimum absolute atomic E-state index is 0. The third-order valence-corrected chi connectivity index (χ3v) is 6.47. The normalized spacial score (nSPS) is 27.0. The van der Waals surface area contributed by atoms with Crippen LogP contribution in [0.1, 0.15) is 38.5 Å². The van der Waals surface area contributed by atoms with Crippen molar-refractivity contribution in [1.29, 1.82) is 0 Å². The van der Waals surface area contributed by atoms with Gasteiger partial charge in [0.05, 0.1) is 6.10 Å². The second-order valence-corrected chi connectivity index (χ2v) is 8.50. The number of rotatable bonds is 5. The second kappa shape index (κ2) is 11.8. The van der Waals surface area contributed by atoms with Crippen LogP contribution in [-0.4, -0.2) is 99.8 Å². The molecule has 3 rings (SSSR count). The second-order valence-electron chi connectivity index (χ2n) is 8.50. The molecule has 0 spiro atoms. The van der Waals surface area contributed by atoms with E-state index in [9.17, 15) is 0 Å². The number of ether oxygens (including phenoxy) is 1. The maximum atomic E-state index is 6.21. The number of likely N-dealkylation sites (N-methyl/N-ethyl adjacent to an activating group) is 2. The van der Waals surface area contributed by atoms with Crippen molar-refractivity contribution in [3.05, 3.63) is 0 Å². The van der Waals surface area contributed by atoms with Crippen LogP contribution in [0, 0.1) is 5.92 Å². The summed E-state index contributed by atoms with van der Waals surface area (Å²) in [5.74, 6) is 1.88. The SMILES string of the molecule is CN=C(NCC1CN(C)CCN1C)N1CCC(OCC2CCCC2)CC1.I. The Bertz CT molecular complexity index is 450. The molecule has 27 heavy (non-hydrogen) atoms. The van der Waals surface area contributed by atoms with Crippen LogP contribution in [0.15, 0.2) is 4.99 Å². The Balaban J connectivity index is 0.00000261. The summed E-state index contributed by atoms with van der Waals surface area (Å²) < 4.78 is 6.21. The summed E-state index contributed by atoms with van der Waals surface area (Å²) in [5.41, 5.74) is 0. The van der Waals surface area contributed by atoms with Crippen LogP contribution in [-0.2, 0) is 4.74 Å². The standard InChI is InChI=1S/C20H39N5O.HI/c1-21-20(22-14-18-15-23(2)12-13-24(18)3)25-10-8-19(9-11-25)26-16-17-6-4-5-7-17;/h17-19H,4-16H2,1-3H3,(H,21,22);1H. The molecule has 7 heteroatoms. The van der Waals surface area contributed by atoms with Crippen LogP contribution in [0.2, 0.25) is 0 Å². The fourth-order valence-electron chi connectivity index (χ4n) is 4.55. The van der Waals surface area contributed by atoms with Crippen LogP contribution in [0.3, 0.4) is 0 Å². The van der Waals surface area contributed by atoms with Gasteiger partial charge in [-0.15, -0.1) is 24.0 Å². The molecule has 1 atom stereocenters. The molecule has 0 radical (unpaired) electrons. The Morgan fingerprint density at radius 1 is 1.04 bits per heavy atom. The lowest BCUT2D eigenvalue weighted by molar-refractivity contribution is 0.000936. The van der Waals surface area contributed by atoms with Gasteiger partial charge in [0.1, 0.15) is 0 Å². The number of nitrogens with zero attached hydrogens (tertiary/aromatic N) is 4. The molecule has 0 aromatic heterocycles. The molecule has 1 unspecified atom stereocenters. The molecule has 158 valence electrons. The van der Waals surface area contributed by atoms with Crippen molar-refractivity contribution >= 4 is 29.9 Å². The van der Waals surface area contributed by atoms with Crippen molar-refractivity contribution in [1.82, 2.24) is 20.0 Å². The zero-order chi connectivity index (χ0) is 18.4. The number of hydrogen-bond donors (Lipinski definition) is 1. The molecule has 0 bridgehead atoms. The van der Waals surface area contributed by atoms with Crippen molar-refractivity contribution in [3.8, 4) is 0 Å². The maximum absolute atomic E-state index is 6.21. The van der Waals surface area contributed by atoms with Gasteiger partial charge in [0.15, 0.2) is 5.96 Å². The van der Waals surface area contributed by atoms with Gasteiger partial charge in [-0.25, -0.2) is 0 Å². The number of aliphatic imine (C=N–C) groups is 1. The van der Waals surface area contributed by atoms with Crippen molar-refractivity contribution < 1.29 is 4.74 Å². The topological polar surface area (TPSA) is 43.3 Å². The van der Waals surface area contributed by atoms with Gasteiger partial charge < -0.3 is 19.9 Å². The molecule has 1 N–H and O–H groups in total. The monoisotopic (exact) mass is 493 g/mol. The van der Waals surface area contributed by atoms with Gasteiger partial charge in [0.25, 0.3) is 0 Å². The Morgan fingerprint density at radius 3 is 2.41 bits per heavy atom. The molecular weight excluding hydrogens is 453 g/mol. The van der Waals surface area contributed by atoms with Crippen molar-refractivity contribution in [2.75, 3.05) is 67.0 Å². The van der Waals surface area contributed by atoms with E-state index in [0.717, 1.165) is 70.6 Å². The van der Waals surface area contributed by atoms with E-state index in [1.807, 2.05) is 7.05 Å². The number of hydrogen-bond acceptors (Lipinski definition) is 4. The number of guanidine groups is 1. The quantitative estimate of drug-likeness (QED) is 0.361. The van der Waals surface area contributed by atoms with Crippen molar-refractivity contribution in [2.24, 2.45) is 10.9 Å². The summed E-state index contributed by atoms with van der Waals surface area (Å²) in [4.78, 5) is 11.8. The van der Waals surface area contributed by atoms with Crippen molar-refractivity contribution in [3.63, 3.8) is 0 Å². The lowest BCUT2D eigenvalue weighted by Crippen LogP contribution is -2.56. The van der Waals surface area contributed by atoms with Crippen LogP contribution in [0.25, 0.3) is 0 Å². The number of piperidine rings is 1. The smallest absolute Gasteiger partial charge is 0.193 e. The molecule has 6 nitrogen and oxygen atoms in total. The first kappa shape index (κ1) is 23.2. The van der Waals surface area contributed by atoms with Gasteiger partial charge in [0.2, 0.25) is 0 Å². The number of piperazine rings is 1. The Morgan fingerprint density at radius 2 is 1.74 bits per heavy atom. The zero-order valence-corrected chi connectivity index (χ0v) is 19.9. The highest BCUT2D eigenvalue weighted by molar-refractivity contribution is 14.0. The Kier molecular flexibility index (Phi) is 10.1. The molecule has 2 saturated heterocycles. The van der Waals surface area contributed by atoms with Crippen molar-refractivity contribution in [2.45, 2.75) is 50.7 Å². The summed E-state index contributed by atoms with van der Waals surface area (Å²) in [7, 11) is 6.35.